The Morgan fingerprint density at radius 1 is 0.581 bits per heavy atom. The molecule has 12 rings (SSSR count). The fourth-order valence-electron chi connectivity index (χ4n) is 9.41. The summed E-state index contributed by atoms with van der Waals surface area (Å²) in [6, 6.07) is 31.9. The minimum atomic E-state index is -4.16. The number of likely N-dealkylation sites (N-methyl/N-ethyl adjacent to an activating group) is 3. The largest absolute Gasteiger partial charge is 0.464 e. The van der Waals surface area contributed by atoms with Gasteiger partial charge < -0.3 is 34.8 Å². The highest BCUT2D eigenvalue weighted by Gasteiger charge is 2.42. The van der Waals surface area contributed by atoms with E-state index in [1.54, 1.807) is 36.3 Å². The average molecular weight is 1400 g/mol. The molecular formula is C59H57Cl3F3N15O10S3. The van der Waals surface area contributed by atoms with Crippen LogP contribution in [0.3, 0.4) is 0 Å². The predicted molar refractivity (Wildman–Crippen MR) is 350 cm³/mol. The first-order valence-corrected chi connectivity index (χ1v) is 32.2. The topological polar surface area (TPSA) is 313 Å². The van der Waals surface area contributed by atoms with Crippen molar-refractivity contribution in [2.75, 3.05) is 44.6 Å². The van der Waals surface area contributed by atoms with Crippen LogP contribution < -0.4 is 21.1 Å². The van der Waals surface area contributed by atoms with Crippen molar-refractivity contribution in [1.82, 2.24) is 46.3 Å². The van der Waals surface area contributed by atoms with Crippen molar-refractivity contribution in [1.29, 1.82) is 0 Å². The number of nitrogens with zero attached hydrogens (tertiary/aromatic N) is 11. The number of carbonyl (C=O) groups is 3. The highest BCUT2D eigenvalue weighted by molar-refractivity contribution is 7.88. The maximum absolute atomic E-state index is 13.4. The average Bonchev–Trinajstić information content (AvgIpc) is 1.74. The molecule has 2 atom stereocenters. The fraction of sp³-hybridized carbons (Fsp3) is 0.186. The number of imidazole rings is 3. The van der Waals surface area contributed by atoms with Gasteiger partial charge in [-0.15, -0.1) is 8.80 Å². The number of aryl methyl sites for hydroxylation is 3. The summed E-state index contributed by atoms with van der Waals surface area (Å²) >= 11 is 16.9. The Kier molecular flexibility index (Phi) is 20.9. The molecule has 2 amide bonds. The number of carbonyl (C=O) groups excluding carboxylic acids is 3. The van der Waals surface area contributed by atoms with Gasteiger partial charge in [0.1, 0.15) is 52.1 Å². The van der Waals surface area contributed by atoms with Crippen LogP contribution >= 0.6 is 34.8 Å². The number of para-hydroxylation sites is 6. The molecule has 6 aromatic carbocycles. The smallest absolute Gasteiger partial charge is 0.355 e. The molecule has 2 unspecified atom stereocenters. The molecule has 6 heterocycles. The summed E-state index contributed by atoms with van der Waals surface area (Å²) in [5.41, 5.74) is 10.6. The number of nitrogen functional groups attached to an aromatic ring is 1. The van der Waals surface area contributed by atoms with Gasteiger partial charge in [-0.25, -0.2) is 41.5 Å². The summed E-state index contributed by atoms with van der Waals surface area (Å²) in [4.78, 5) is 50.9. The lowest BCUT2D eigenvalue weighted by Crippen LogP contribution is -2.56. The van der Waals surface area contributed by atoms with Crippen molar-refractivity contribution in [3.8, 4) is 0 Å². The summed E-state index contributed by atoms with van der Waals surface area (Å²) in [6.45, 7) is 0. The molecule has 3 aliphatic heterocycles. The number of fused-ring (bicyclic) bond motifs is 3. The summed E-state index contributed by atoms with van der Waals surface area (Å²) in [5, 5.41) is 4.87. The number of esters is 1. The summed E-state index contributed by atoms with van der Waals surface area (Å²) < 4.78 is 136. The summed E-state index contributed by atoms with van der Waals surface area (Å²) in [7, 11) is -1.86. The third-order valence-corrected chi connectivity index (χ3v) is 19.4. The number of nitrogens with one attached hydrogen (secondary N) is 3. The number of hydrogen-bond acceptors (Lipinski definition) is 14. The Hall–Kier alpha value is -9.21. The zero-order valence-electron chi connectivity index (χ0n) is 49.2. The fourth-order valence-corrected chi connectivity index (χ4v) is 13.0. The van der Waals surface area contributed by atoms with Crippen LogP contribution in [0.4, 0.5) is 30.2 Å². The lowest BCUT2D eigenvalue weighted by molar-refractivity contribution is -0.137. The molecule has 5 N–H and O–H groups in total. The monoisotopic (exact) mass is 1390 g/mol. The SMILES string of the molecule is C.CN1C(C(=O)Nc2ccc(F)c(Cl)c2)=CC(c2nc3ccccc3n2C)=NS1(=O)=O.CN1C(C(=O)Nc2ccc(F)c(Cl)c2)CC(c2nc3ccccc3n2C)NS1(=O)=O.COC(=O)C1=CC(c2nc3ccccc3n2C)=NS(=O)(=O)N1C.Nc1ccc(F)c(Cl)c1. The Morgan fingerprint density at radius 3 is 1.44 bits per heavy atom. The number of halogens is 6. The first-order valence-electron chi connectivity index (χ1n) is 26.8. The van der Waals surface area contributed by atoms with Crippen LogP contribution in [0.15, 0.2) is 160 Å². The van der Waals surface area contributed by atoms with Gasteiger partial charge in [0.25, 0.3) is 16.1 Å². The van der Waals surface area contributed by atoms with E-state index in [1.807, 2.05) is 71.3 Å². The number of rotatable bonds is 8. The molecule has 0 spiro atoms. The van der Waals surface area contributed by atoms with Crippen LogP contribution in [0, 0.1) is 17.5 Å². The molecule has 0 radical (unpaired) electrons. The predicted octanol–water partition coefficient (Wildman–Crippen LogP) is 8.76. The van der Waals surface area contributed by atoms with Crippen molar-refractivity contribution >= 4 is 145 Å². The minimum absolute atomic E-state index is 0. The second kappa shape index (κ2) is 27.9. The normalized spacial score (nSPS) is 17.1. The van der Waals surface area contributed by atoms with E-state index < -0.39 is 77.9 Å². The molecule has 93 heavy (non-hydrogen) atoms. The molecule has 0 saturated carbocycles. The van der Waals surface area contributed by atoms with Crippen LogP contribution in [-0.4, -0.2) is 130 Å². The van der Waals surface area contributed by atoms with Gasteiger partial charge >= 0.3 is 26.4 Å². The van der Waals surface area contributed by atoms with Gasteiger partial charge in [0, 0.05) is 65.4 Å². The highest BCUT2D eigenvalue weighted by atomic mass is 35.5. The molecule has 0 bridgehead atoms. The minimum Gasteiger partial charge on any atom is -0.464 e. The van der Waals surface area contributed by atoms with E-state index in [9.17, 15) is 52.8 Å². The van der Waals surface area contributed by atoms with Gasteiger partial charge in [-0.3, -0.25) is 9.59 Å². The Morgan fingerprint density at radius 2 is 1.00 bits per heavy atom. The molecule has 9 aromatic rings. The van der Waals surface area contributed by atoms with Crippen LogP contribution in [0.5, 0.6) is 0 Å². The Balaban J connectivity index is 0.000000168. The van der Waals surface area contributed by atoms with Gasteiger partial charge in [0.2, 0.25) is 5.91 Å². The van der Waals surface area contributed by atoms with E-state index >= 15 is 0 Å². The molecule has 25 nitrogen and oxygen atoms in total. The van der Waals surface area contributed by atoms with Gasteiger partial charge in [0.05, 0.1) is 61.3 Å². The van der Waals surface area contributed by atoms with Crippen LogP contribution in [-0.2, 0) is 70.9 Å². The number of hydrogen-bond donors (Lipinski definition) is 4. The zero-order valence-corrected chi connectivity index (χ0v) is 53.9. The van der Waals surface area contributed by atoms with E-state index in [0.29, 0.717) is 34.2 Å². The van der Waals surface area contributed by atoms with Gasteiger partial charge in [0.15, 0.2) is 11.6 Å². The Bertz CT molecular complexity index is 4950. The van der Waals surface area contributed by atoms with Gasteiger partial charge in [-0.05, 0) is 103 Å². The third kappa shape index (κ3) is 15.0. The highest BCUT2D eigenvalue weighted by Crippen LogP contribution is 2.32. The first kappa shape index (κ1) is 69.7. The molecule has 1 fully saturated rings. The molecule has 0 aliphatic carbocycles. The second-order valence-corrected chi connectivity index (χ2v) is 26.4. The third-order valence-electron chi connectivity index (χ3n) is 14.3. The van der Waals surface area contributed by atoms with Crippen LogP contribution in [0.25, 0.3) is 33.1 Å². The first-order chi connectivity index (χ1) is 43.4. The number of aromatic nitrogens is 6. The van der Waals surface area contributed by atoms with E-state index in [1.165, 1.54) is 82.9 Å². The number of anilines is 3. The van der Waals surface area contributed by atoms with E-state index in [0.717, 1.165) is 47.1 Å². The molecule has 1 saturated heterocycles. The number of ether oxygens (including phenoxy) is 1. The maximum Gasteiger partial charge on any atom is 0.355 e. The van der Waals surface area contributed by atoms with Crippen LogP contribution in [0.2, 0.25) is 15.1 Å². The standard InChI is InChI=1S/C19H19ClFN5O3S.C19H15ClFN5O3S.C14H14N4O4S.C6H5ClFN.CH4/c2*1-25-16-6-4-3-5-14(16)23-18(25)15-10-17(26(2)30(28,29)24-15)19(27)22-11-7-8-13(21)12(20)9-11;1-17-11-7-5-4-6-9(11)15-13(17)10-8-12(14(19)22-3)18(2)23(20,21)16-10;7-5-3-4(9)1-2-6(5)8;/h3-9,15,17,24H,10H2,1-2H3,(H,22,27);3-10H,1-2H3,(H,22,27);4-8H,1-3H3;1-3H,9H2;1H4. The van der Waals surface area contributed by atoms with E-state index in [-0.39, 0.29) is 63.1 Å². The molecule has 3 aromatic heterocycles. The van der Waals surface area contributed by atoms with Crippen molar-refractivity contribution in [2.24, 2.45) is 29.9 Å². The summed E-state index contributed by atoms with van der Waals surface area (Å²) in [6.07, 6.45) is 2.85. The number of benzene rings is 6. The summed E-state index contributed by atoms with van der Waals surface area (Å²) in [5.74, 6) is -2.57. The lowest BCUT2D eigenvalue weighted by atomic mass is 10.1. The Labute approximate surface area is 546 Å². The lowest BCUT2D eigenvalue weighted by Gasteiger charge is -2.35. The van der Waals surface area contributed by atoms with Crippen molar-refractivity contribution < 1.29 is 57.5 Å². The molecular weight excluding hydrogens is 1340 g/mol. The maximum atomic E-state index is 13.4. The molecule has 3 aliphatic rings. The van der Waals surface area contributed by atoms with Crippen molar-refractivity contribution in [3.05, 3.63) is 201 Å². The number of allylic oxidation sites excluding steroid dienone is 2. The van der Waals surface area contributed by atoms with Gasteiger partial charge in [-0.2, -0.15) is 34.3 Å². The quantitative estimate of drug-likeness (QED) is 0.0816. The van der Waals surface area contributed by atoms with E-state index in [4.69, 9.17) is 40.5 Å². The van der Waals surface area contributed by atoms with Crippen molar-refractivity contribution in [3.63, 3.8) is 0 Å². The number of amides is 2. The number of nitrogens with two attached hydrogens (primary N) is 1. The van der Waals surface area contributed by atoms with Crippen LogP contribution in [0.1, 0.15) is 37.4 Å². The van der Waals surface area contributed by atoms with Gasteiger partial charge in [-0.1, -0.05) is 78.6 Å². The van der Waals surface area contributed by atoms with E-state index in [2.05, 4.69) is 43.8 Å². The molecule has 34 heteroatoms. The van der Waals surface area contributed by atoms with Crippen molar-refractivity contribution in [2.45, 2.75) is 25.9 Å². The number of methoxy groups -OCH3 is 1. The second-order valence-electron chi connectivity index (χ2n) is 20.2. The molecule has 488 valence electrons. The zero-order chi connectivity index (χ0) is 66.9.